The molecular formula is C22H33N3O3. The molecule has 1 aliphatic heterocycles. The third-order valence-corrected chi connectivity index (χ3v) is 5.64. The van der Waals surface area contributed by atoms with Gasteiger partial charge in [0.05, 0.1) is 18.2 Å². The number of likely N-dealkylation sites (N-methyl/N-ethyl adjacent to an activating group) is 1. The molecule has 6 nitrogen and oxygen atoms in total. The lowest BCUT2D eigenvalue weighted by molar-refractivity contribution is -0.132. The van der Waals surface area contributed by atoms with Crippen molar-refractivity contribution >= 4 is 17.5 Å². The first-order chi connectivity index (χ1) is 13.3. The maximum absolute atomic E-state index is 13.0. The Balaban J connectivity index is 1.70. The molecule has 1 aromatic carbocycles. The van der Waals surface area contributed by atoms with Gasteiger partial charge in [-0.25, -0.2) is 0 Å². The second-order valence-electron chi connectivity index (χ2n) is 8.66. The van der Waals surface area contributed by atoms with E-state index in [0.717, 1.165) is 37.2 Å². The molecule has 0 radical (unpaired) electrons. The molecule has 28 heavy (non-hydrogen) atoms. The molecule has 0 N–H and O–H groups in total. The van der Waals surface area contributed by atoms with Crippen LogP contribution in [-0.4, -0.2) is 68.0 Å². The summed E-state index contributed by atoms with van der Waals surface area (Å²) in [5.41, 5.74) is 1.50. The lowest BCUT2D eigenvalue weighted by Crippen LogP contribution is -2.45. The van der Waals surface area contributed by atoms with Crippen LogP contribution in [0, 0.1) is 5.92 Å². The standard InChI is InChI=1S/C22H33N3O3/c1-15(2)10-11-25(17-7-8-17)21(26)13-18-14-28-20-9-6-16(22(27)23(3)4)12-19(20)24(18)5/h6,9,12,15,17-18H,7-8,10-11,13-14H2,1-5H3/t18-/m0/s1. The second-order valence-corrected chi connectivity index (χ2v) is 8.66. The van der Waals surface area contributed by atoms with Crippen LogP contribution in [0.2, 0.25) is 0 Å². The summed E-state index contributed by atoms with van der Waals surface area (Å²) < 4.78 is 5.92. The molecule has 1 aliphatic carbocycles. The number of hydrogen-bond acceptors (Lipinski definition) is 4. The molecular weight excluding hydrogens is 354 g/mol. The largest absolute Gasteiger partial charge is 0.489 e. The molecule has 1 saturated carbocycles. The maximum Gasteiger partial charge on any atom is 0.253 e. The van der Waals surface area contributed by atoms with E-state index in [9.17, 15) is 9.59 Å². The number of benzene rings is 1. The van der Waals surface area contributed by atoms with Gasteiger partial charge < -0.3 is 19.4 Å². The van der Waals surface area contributed by atoms with Crippen LogP contribution < -0.4 is 9.64 Å². The average molecular weight is 388 g/mol. The van der Waals surface area contributed by atoms with Crippen LogP contribution in [0.1, 0.15) is 49.9 Å². The van der Waals surface area contributed by atoms with Crippen molar-refractivity contribution in [2.24, 2.45) is 5.92 Å². The van der Waals surface area contributed by atoms with E-state index in [1.54, 1.807) is 25.1 Å². The van der Waals surface area contributed by atoms with Crippen molar-refractivity contribution in [3.63, 3.8) is 0 Å². The molecule has 3 rings (SSSR count). The summed E-state index contributed by atoms with van der Waals surface area (Å²) in [7, 11) is 5.47. The van der Waals surface area contributed by atoms with Gasteiger partial charge in [-0.05, 0) is 43.4 Å². The lowest BCUT2D eigenvalue weighted by Gasteiger charge is -2.37. The van der Waals surface area contributed by atoms with Crippen LogP contribution in [0.3, 0.4) is 0 Å². The van der Waals surface area contributed by atoms with Crippen molar-refractivity contribution in [1.29, 1.82) is 0 Å². The SMILES string of the molecule is CC(C)CCN(C(=O)C[C@H]1COc2ccc(C(=O)N(C)C)cc2N1C)C1CC1. The summed E-state index contributed by atoms with van der Waals surface area (Å²) >= 11 is 0. The van der Waals surface area contributed by atoms with Gasteiger partial charge in [-0.2, -0.15) is 0 Å². The van der Waals surface area contributed by atoms with Gasteiger partial charge in [0.1, 0.15) is 12.4 Å². The van der Waals surface area contributed by atoms with Crippen LogP contribution in [0.5, 0.6) is 5.75 Å². The Bertz CT molecular complexity index is 728. The molecule has 1 atom stereocenters. The molecule has 0 aromatic heterocycles. The van der Waals surface area contributed by atoms with E-state index in [-0.39, 0.29) is 17.9 Å². The van der Waals surface area contributed by atoms with Gasteiger partial charge in [0.2, 0.25) is 5.91 Å². The average Bonchev–Trinajstić information content (AvgIpc) is 3.48. The normalized spacial score (nSPS) is 18.5. The monoisotopic (exact) mass is 387 g/mol. The number of fused-ring (bicyclic) bond motifs is 1. The summed E-state index contributed by atoms with van der Waals surface area (Å²) in [6.07, 6.45) is 3.73. The summed E-state index contributed by atoms with van der Waals surface area (Å²) in [6, 6.07) is 5.91. The van der Waals surface area contributed by atoms with E-state index in [1.165, 1.54) is 0 Å². The fourth-order valence-corrected chi connectivity index (χ4v) is 3.61. The number of amides is 2. The minimum Gasteiger partial charge on any atom is -0.489 e. The molecule has 1 aromatic rings. The summed E-state index contributed by atoms with van der Waals surface area (Å²) in [5.74, 6) is 1.53. The number of carbonyl (C=O) groups is 2. The number of hydrogen-bond donors (Lipinski definition) is 0. The van der Waals surface area contributed by atoms with Crippen molar-refractivity contribution in [3.05, 3.63) is 23.8 Å². The second kappa shape index (κ2) is 8.41. The number of carbonyl (C=O) groups excluding carboxylic acids is 2. The first-order valence-electron chi connectivity index (χ1n) is 10.3. The maximum atomic E-state index is 13.0. The van der Waals surface area contributed by atoms with Crippen LogP contribution in [0.15, 0.2) is 18.2 Å². The highest BCUT2D eigenvalue weighted by molar-refractivity contribution is 5.95. The highest BCUT2D eigenvalue weighted by atomic mass is 16.5. The number of ether oxygens (including phenoxy) is 1. The van der Waals surface area contributed by atoms with Crippen molar-refractivity contribution in [2.75, 3.05) is 39.2 Å². The lowest BCUT2D eigenvalue weighted by atomic mass is 10.1. The van der Waals surface area contributed by atoms with E-state index in [1.807, 2.05) is 19.2 Å². The van der Waals surface area contributed by atoms with Gasteiger partial charge in [0.25, 0.3) is 5.91 Å². The fourth-order valence-electron chi connectivity index (χ4n) is 3.61. The third kappa shape index (κ3) is 4.59. The first kappa shape index (κ1) is 20.5. The molecule has 1 fully saturated rings. The Morgan fingerprint density at radius 3 is 2.57 bits per heavy atom. The van der Waals surface area contributed by atoms with Gasteiger partial charge >= 0.3 is 0 Å². The predicted molar refractivity (Wildman–Crippen MR) is 111 cm³/mol. The first-order valence-corrected chi connectivity index (χ1v) is 10.3. The summed E-state index contributed by atoms with van der Waals surface area (Å²) in [6.45, 7) is 5.72. The fraction of sp³-hybridized carbons (Fsp3) is 0.636. The van der Waals surface area contributed by atoms with Crippen molar-refractivity contribution in [2.45, 2.75) is 51.6 Å². The van der Waals surface area contributed by atoms with Crippen molar-refractivity contribution in [1.82, 2.24) is 9.80 Å². The molecule has 2 aliphatic rings. The number of rotatable bonds is 7. The zero-order valence-electron chi connectivity index (χ0n) is 17.8. The Kier molecular flexibility index (Phi) is 6.16. The van der Waals surface area contributed by atoms with Crippen LogP contribution in [0.25, 0.3) is 0 Å². The Morgan fingerprint density at radius 2 is 1.96 bits per heavy atom. The van der Waals surface area contributed by atoms with E-state index in [2.05, 4.69) is 23.6 Å². The summed E-state index contributed by atoms with van der Waals surface area (Å²) in [5, 5.41) is 0. The van der Waals surface area contributed by atoms with E-state index in [0.29, 0.717) is 30.6 Å². The quantitative estimate of drug-likeness (QED) is 0.722. The van der Waals surface area contributed by atoms with Crippen LogP contribution in [-0.2, 0) is 4.79 Å². The Labute approximate surface area is 168 Å². The smallest absolute Gasteiger partial charge is 0.253 e. The molecule has 1 heterocycles. The Hall–Kier alpha value is -2.24. The van der Waals surface area contributed by atoms with Crippen molar-refractivity contribution in [3.8, 4) is 5.75 Å². The van der Waals surface area contributed by atoms with Gasteiger partial charge in [-0.1, -0.05) is 13.8 Å². The predicted octanol–water partition coefficient (Wildman–Crippen LogP) is 3.01. The molecule has 6 heteroatoms. The third-order valence-electron chi connectivity index (χ3n) is 5.64. The minimum atomic E-state index is -0.0389. The molecule has 154 valence electrons. The highest BCUT2D eigenvalue weighted by Gasteiger charge is 2.35. The highest BCUT2D eigenvalue weighted by Crippen LogP contribution is 2.35. The molecule has 0 saturated heterocycles. The number of anilines is 1. The zero-order chi connectivity index (χ0) is 20.4. The van der Waals surface area contributed by atoms with Crippen molar-refractivity contribution < 1.29 is 14.3 Å². The van der Waals surface area contributed by atoms with Crippen LogP contribution >= 0.6 is 0 Å². The molecule has 0 spiro atoms. The molecule has 0 unspecified atom stereocenters. The van der Waals surface area contributed by atoms with E-state index < -0.39 is 0 Å². The topological polar surface area (TPSA) is 53.1 Å². The van der Waals surface area contributed by atoms with Crippen LogP contribution in [0.4, 0.5) is 5.69 Å². The Morgan fingerprint density at radius 1 is 1.25 bits per heavy atom. The van der Waals surface area contributed by atoms with Gasteiger partial charge in [0.15, 0.2) is 0 Å². The van der Waals surface area contributed by atoms with E-state index >= 15 is 0 Å². The summed E-state index contributed by atoms with van der Waals surface area (Å²) in [4.78, 5) is 31.0. The van der Waals surface area contributed by atoms with Gasteiger partial charge in [-0.15, -0.1) is 0 Å². The minimum absolute atomic E-state index is 0.0231. The van der Waals surface area contributed by atoms with Gasteiger partial charge in [0, 0.05) is 39.3 Å². The number of nitrogens with zero attached hydrogens (tertiary/aromatic N) is 3. The zero-order valence-corrected chi connectivity index (χ0v) is 17.8. The van der Waals surface area contributed by atoms with Gasteiger partial charge in [-0.3, -0.25) is 9.59 Å². The molecule has 2 amide bonds. The van der Waals surface area contributed by atoms with E-state index in [4.69, 9.17) is 4.74 Å². The molecule has 0 bridgehead atoms.